The zero-order chi connectivity index (χ0) is 13.0. The Bertz CT molecular complexity index is 362. The van der Waals surface area contributed by atoms with E-state index in [1.807, 2.05) is 18.4 Å². The molecule has 18 heavy (non-hydrogen) atoms. The first kappa shape index (κ1) is 14.0. The van der Waals surface area contributed by atoms with Crippen molar-refractivity contribution in [1.29, 1.82) is 0 Å². The van der Waals surface area contributed by atoms with Gasteiger partial charge in [0.25, 0.3) is 0 Å². The number of rotatable bonds is 6. The molecule has 0 aromatic carbocycles. The molecule has 3 nitrogen and oxygen atoms in total. The van der Waals surface area contributed by atoms with Crippen LogP contribution >= 0.6 is 11.3 Å². The summed E-state index contributed by atoms with van der Waals surface area (Å²) in [7, 11) is 1.99. The second-order valence-corrected chi connectivity index (χ2v) is 6.36. The molecule has 0 amide bonds. The van der Waals surface area contributed by atoms with Gasteiger partial charge in [0, 0.05) is 36.9 Å². The van der Waals surface area contributed by atoms with E-state index in [0.717, 1.165) is 19.4 Å². The van der Waals surface area contributed by atoms with Gasteiger partial charge in [-0.2, -0.15) is 0 Å². The molecule has 0 spiro atoms. The Morgan fingerprint density at radius 3 is 3.11 bits per heavy atom. The first-order valence-corrected chi connectivity index (χ1v) is 7.92. The second-order valence-electron chi connectivity index (χ2n) is 5.42. The molecule has 0 radical (unpaired) electrons. The van der Waals surface area contributed by atoms with Crippen molar-refractivity contribution >= 4 is 11.3 Å². The second kappa shape index (κ2) is 6.64. The zero-order valence-corrected chi connectivity index (χ0v) is 12.6. The van der Waals surface area contributed by atoms with Crippen molar-refractivity contribution in [1.82, 2.24) is 15.2 Å². The molecule has 2 rings (SSSR count). The maximum atomic E-state index is 4.76. The largest absolute Gasteiger partial charge is 0.319 e. The summed E-state index contributed by atoms with van der Waals surface area (Å²) in [6.07, 6.45) is 4.87. The van der Waals surface area contributed by atoms with E-state index in [4.69, 9.17) is 4.98 Å². The third kappa shape index (κ3) is 3.53. The molecular weight excluding hydrogens is 242 g/mol. The molecule has 2 heterocycles. The Labute approximate surface area is 115 Å². The van der Waals surface area contributed by atoms with Crippen LogP contribution in [-0.2, 0) is 12.8 Å². The molecule has 0 aliphatic carbocycles. The number of thiazole rings is 1. The third-order valence-corrected chi connectivity index (χ3v) is 4.65. The first-order valence-electron chi connectivity index (χ1n) is 7.04. The number of aromatic nitrogens is 1. The van der Waals surface area contributed by atoms with E-state index in [-0.39, 0.29) is 0 Å². The van der Waals surface area contributed by atoms with Gasteiger partial charge in [-0.1, -0.05) is 0 Å². The van der Waals surface area contributed by atoms with Crippen molar-refractivity contribution in [3.05, 3.63) is 16.1 Å². The van der Waals surface area contributed by atoms with E-state index in [9.17, 15) is 0 Å². The standard InChI is InChI=1S/C14H25N3S/c1-11(2)17-8-4-5-13(17)9-14-16-12(10-18-14)6-7-15-3/h10-11,13,15H,4-9H2,1-3H3. The molecule has 1 saturated heterocycles. The highest BCUT2D eigenvalue weighted by Crippen LogP contribution is 2.24. The number of likely N-dealkylation sites (tertiary alicyclic amines) is 1. The predicted octanol–water partition coefficient (Wildman–Crippen LogP) is 2.32. The molecular formula is C14H25N3S. The molecule has 1 unspecified atom stereocenters. The Kier molecular flexibility index (Phi) is 5.15. The molecule has 1 aromatic heterocycles. The van der Waals surface area contributed by atoms with Gasteiger partial charge in [-0.25, -0.2) is 4.98 Å². The smallest absolute Gasteiger partial charge is 0.0943 e. The van der Waals surface area contributed by atoms with Crippen LogP contribution < -0.4 is 5.32 Å². The fourth-order valence-corrected chi connectivity index (χ4v) is 3.67. The Morgan fingerprint density at radius 2 is 2.39 bits per heavy atom. The summed E-state index contributed by atoms with van der Waals surface area (Å²) in [6.45, 7) is 6.89. The average Bonchev–Trinajstić information content (AvgIpc) is 2.96. The van der Waals surface area contributed by atoms with E-state index in [1.165, 1.54) is 30.1 Å². The van der Waals surface area contributed by atoms with E-state index >= 15 is 0 Å². The molecule has 1 aliphatic rings. The van der Waals surface area contributed by atoms with Gasteiger partial charge in [-0.05, 0) is 40.3 Å². The summed E-state index contributed by atoms with van der Waals surface area (Å²) < 4.78 is 0. The highest BCUT2D eigenvalue weighted by molar-refractivity contribution is 7.09. The van der Waals surface area contributed by atoms with Gasteiger partial charge in [0.2, 0.25) is 0 Å². The van der Waals surface area contributed by atoms with Crippen molar-refractivity contribution in [3.63, 3.8) is 0 Å². The van der Waals surface area contributed by atoms with Gasteiger partial charge in [0.1, 0.15) is 0 Å². The number of nitrogens with one attached hydrogen (secondary N) is 1. The lowest BCUT2D eigenvalue weighted by atomic mass is 10.1. The lowest BCUT2D eigenvalue weighted by Gasteiger charge is -2.27. The topological polar surface area (TPSA) is 28.2 Å². The van der Waals surface area contributed by atoms with Crippen molar-refractivity contribution in [2.24, 2.45) is 0 Å². The summed E-state index contributed by atoms with van der Waals surface area (Å²) in [5.41, 5.74) is 1.25. The third-order valence-electron chi connectivity index (χ3n) is 3.73. The number of likely N-dealkylation sites (N-methyl/N-ethyl adjacent to an activating group) is 1. The van der Waals surface area contributed by atoms with E-state index in [1.54, 1.807) is 0 Å². The molecule has 1 fully saturated rings. The van der Waals surface area contributed by atoms with E-state index in [2.05, 4.69) is 29.4 Å². The van der Waals surface area contributed by atoms with E-state index in [0.29, 0.717) is 12.1 Å². The Balaban J connectivity index is 1.90. The first-order chi connectivity index (χ1) is 8.70. The van der Waals surface area contributed by atoms with Crippen LogP contribution in [0.2, 0.25) is 0 Å². The SMILES string of the molecule is CNCCc1csc(CC2CCCN2C(C)C)n1. The number of hydrogen-bond acceptors (Lipinski definition) is 4. The molecule has 1 N–H and O–H groups in total. The van der Waals surface area contributed by atoms with E-state index < -0.39 is 0 Å². The Morgan fingerprint density at radius 1 is 1.56 bits per heavy atom. The Hall–Kier alpha value is -0.450. The summed E-state index contributed by atoms with van der Waals surface area (Å²) in [6, 6.07) is 1.38. The van der Waals surface area contributed by atoms with Crippen molar-refractivity contribution < 1.29 is 0 Å². The summed E-state index contributed by atoms with van der Waals surface area (Å²) >= 11 is 1.84. The summed E-state index contributed by atoms with van der Waals surface area (Å²) in [5, 5.41) is 6.72. The van der Waals surface area contributed by atoms with Crippen LogP contribution in [0, 0.1) is 0 Å². The average molecular weight is 267 g/mol. The molecule has 4 heteroatoms. The van der Waals surface area contributed by atoms with Crippen LogP contribution in [0.4, 0.5) is 0 Å². The molecule has 1 aromatic rings. The fraction of sp³-hybridized carbons (Fsp3) is 0.786. The molecule has 0 bridgehead atoms. The minimum atomic E-state index is 0.668. The maximum Gasteiger partial charge on any atom is 0.0943 e. The van der Waals surface area contributed by atoms with Crippen LogP contribution in [0.15, 0.2) is 5.38 Å². The normalized spacial score (nSPS) is 21.0. The van der Waals surface area contributed by atoms with Crippen molar-refractivity contribution in [3.8, 4) is 0 Å². The molecule has 102 valence electrons. The zero-order valence-electron chi connectivity index (χ0n) is 11.8. The van der Waals surface area contributed by atoms with Gasteiger partial charge in [0.05, 0.1) is 10.7 Å². The fourth-order valence-electron chi connectivity index (χ4n) is 2.77. The van der Waals surface area contributed by atoms with Crippen LogP contribution in [-0.4, -0.2) is 42.1 Å². The van der Waals surface area contributed by atoms with Gasteiger partial charge in [0.15, 0.2) is 0 Å². The van der Waals surface area contributed by atoms with Crippen LogP contribution in [0.5, 0.6) is 0 Å². The van der Waals surface area contributed by atoms with Crippen molar-refractivity contribution in [2.45, 2.75) is 51.6 Å². The predicted molar refractivity (Wildman–Crippen MR) is 78.3 cm³/mol. The summed E-state index contributed by atoms with van der Waals surface area (Å²) in [5.74, 6) is 0. The number of nitrogens with zero attached hydrogens (tertiary/aromatic N) is 2. The van der Waals surface area contributed by atoms with Crippen LogP contribution in [0.1, 0.15) is 37.4 Å². The van der Waals surface area contributed by atoms with Crippen LogP contribution in [0.3, 0.4) is 0 Å². The highest BCUT2D eigenvalue weighted by atomic mass is 32.1. The number of hydrogen-bond donors (Lipinski definition) is 1. The lowest BCUT2D eigenvalue weighted by molar-refractivity contribution is 0.202. The van der Waals surface area contributed by atoms with Gasteiger partial charge in [-0.15, -0.1) is 11.3 Å². The minimum absolute atomic E-state index is 0.668. The summed E-state index contributed by atoms with van der Waals surface area (Å²) in [4.78, 5) is 7.39. The quantitative estimate of drug-likeness (QED) is 0.857. The molecule has 1 aliphatic heterocycles. The lowest BCUT2D eigenvalue weighted by Crippen LogP contribution is -2.36. The van der Waals surface area contributed by atoms with Gasteiger partial charge in [-0.3, -0.25) is 4.90 Å². The van der Waals surface area contributed by atoms with Gasteiger partial charge >= 0.3 is 0 Å². The molecule has 0 saturated carbocycles. The van der Waals surface area contributed by atoms with Gasteiger partial charge < -0.3 is 5.32 Å². The van der Waals surface area contributed by atoms with Crippen molar-refractivity contribution in [2.75, 3.05) is 20.1 Å². The monoisotopic (exact) mass is 267 g/mol. The minimum Gasteiger partial charge on any atom is -0.319 e. The van der Waals surface area contributed by atoms with Crippen LogP contribution in [0.25, 0.3) is 0 Å². The highest BCUT2D eigenvalue weighted by Gasteiger charge is 2.27. The molecule has 1 atom stereocenters. The maximum absolute atomic E-state index is 4.76.